The lowest BCUT2D eigenvalue weighted by Gasteiger charge is -2.30. The number of methoxy groups -OCH3 is 1. The van der Waals surface area contributed by atoms with Crippen molar-refractivity contribution in [1.29, 1.82) is 0 Å². The first-order valence-corrected chi connectivity index (χ1v) is 10.1. The average molecular weight is 396 g/mol. The first-order valence-electron chi connectivity index (χ1n) is 10.1. The zero-order chi connectivity index (χ0) is 20.2. The second kappa shape index (κ2) is 8.82. The number of nitrogens with one attached hydrogen (secondary N) is 2. The topological polar surface area (TPSA) is 77.1 Å². The molecule has 2 aromatic rings. The minimum atomic E-state index is -0.294. The Morgan fingerprint density at radius 2 is 1.93 bits per heavy atom. The fraction of sp³-hybridized carbons (Fsp3) is 0.409. The van der Waals surface area contributed by atoms with Gasteiger partial charge in [-0.25, -0.2) is 0 Å². The van der Waals surface area contributed by atoms with E-state index in [1.807, 2.05) is 46.2 Å². The third-order valence-electron chi connectivity index (χ3n) is 5.78. The summed E-state index contributed by atoms with van der Waals surface area (Å²) in [5, 5.41) is 9.58. The summed E-state index contributed by atoms with van der Waals surface area (Å²) in [5.41, 5.74) is 9.39. The Morgan fingerprint density at radius 3 is 2.62 bits per heavy atom. The Bertz CT molecular complexity index is 836. The molecule has 3 N–H and O–H groups in total. The van der Waals surface area contributed by atoms with Crippen LogP contribution < -0.4 is 25.4 Å². The van der Waals surface area contributed by atoms with Gasteiger partial charge in [0.05, 0.1) is 13.7 Å². The Hall–Kier alpha value is -2.61. The molecule has 7 nitrogen and oxygen atoms in total. The molecule has 2 aliphatic heterocycles. The lowest BCUT2D eigenvalue weighted by Crippen LogP contribution is -2.43. The van der Waals surface area contributed by atoms with Crippen LogP contribution in [0.15, 0.2) is 48.5 Å². The molecule has 0 radical (unpaired) electrons. The number of nitrogens with zero attached hydrogens (tertiary/aromatic N) is 2. The maximum absolute atomic E-state index is 13.2. The maximum Gasteiger partial charge on any atom is 0.249 e. The predicted octanol–water partition coefficient (Wildman–Crippen LogP) is 1.49. The molecule has 1 atom stereocenters. The molecule has 154 valence electrons. The average Bonchev–Trinajstić information content (AvgIpc) is 3.43. The van der Waals surface area contributed by atoms with Crippen molar-refractivity contribution in [2.24, 2.45) is 0 Å². The highest BCUT2D eigenvalue weighted by Crippen LogP contribution is 2.30. The Labute approximate surface area is 171 Å². The van der Waals surface area contributed by atoms with Gasteiger partial charge >= 0.3 is 0 Å². The molecule has 0 saturated carbocycles. The van der Waals surface area contributed by atoms with Gasteiger partial charge in [-0.1, -0.05) is 18.2 Å². The molecule has 0 spiro atoms. The molecule has 4 rings (SSSR count). The number of hydrazine groups is 1. The number of hydrogen-bond donors (Lipinski definition) is 3. The van der Waals surface area contributed by atoms with E-state index in [2.05, 4.69) is 23.0 Å². The molecule has 1 unspecified atom stereocenters. The summed E-state index contributed by atoms with van der Waals surface area (Å²) in [6.45, 7) is 2.89. The third-order valence-corrected chi connectivity index (χ3v) is 5.78. The van der Waals surface area contributed by atoms with Gasteiger partial charge in [0.2, 0.25) is 5.91 Å². The summed E-state index contributed by atoms with van der Waals surface area (Å²) in [6.07, 6.45) is 0.717. The van der Waals surface area contributed by atoms with E-state index < -0.39 is 0 Å². The summed E-state index contributed by atoms with van der Waals surface area (Å²) in [5.74, 6) is 1.26. The second-order valence-corrected chi connectivity index (χ2v) is 7.46. The number of carbonyl (C=O) groups is 1. The molecule has 0 bridgehead atoms. The highest BCUT2D eigenvalue weighted by atomic mass is 16.5. The van der Waals surface area contributed by atoms with E-state index in [1.165, 1.54) is 5.56 Å². The van der Waals surface area contributed by atoms with Crippen molar-refractivity contribution in [2.45, 2.75) is 18.4 Å². The summed E-state index contributed by atoms with van der Waals surface area (Å²) >= 11 is 0. The van der Waals surface area contributed by atoms with Crippen LogP contribution >= 0.6 is 0 Å². The largest absolute Gasteiger partial charge is 0.497 e. The molecule has 0 aromatic heterocycles. The van der Waals surface area contributed by atoms with Gasteiger partial charge in [0.25, 0.3) is 0 Å². The van der Waals surface area contributed by atoms with Crippen LogP contribution in [0.1, 0.15) is 17.9 Å². The van der Waals surface area contributed by atoms with Crippen molar-refractivity contribution in [3.8, 4) is 5.75 Å². The highest BCUT2D eigenvalue weighted by Gasteiger charge is 2.37. The molecular formula is C22H28N4O3. The standard InChI is InChI=1S/C22H28N4O3/c1-29-20-4-2-3-19(13-20)25(11-12-27)21-9-10-26(22(21)28)18-7-5-16(6-8-18)17-14-23-24-15-17/h2-8,13,17,21,23-24,27H,9-12,14-15H2,1H3. The molecular weight excluding hydrogens is 368 g/mol. The highest BCUT2D eigenvalue weighted by molar-refractivity contribution is 6.01. The van der Waals surface area contributed by atoms with Gasteiger partial charge in [-0.3, -0.25) is 15.6 Å². The van der Waals surface area contributed by atoms with Crippen LogP contribution in [0.25, 0.3) is 0 Å². The Kier molecular flexibility index (Phi) is 5.99. The normalized spacial score (nSPS) is 19.7. The molecule has 2 saturated heterocycles. The number of amides is 1. The maximum atomic E-state index is 13.2. The van der Waals surface area contributed by atoms with E-state index in [9.17, 15) is 9.90 Å². The van der Waals surface area contributed by atoms with Crippen LogP contribution in [0.2, 0.25) is 0 Å². The minimum absolute atomic E-state index is 0.0147. The van der Waals surface area contributed by atoms with E-state index >= 15 is 0 Å². The van der Waals surface area contributed by atoms with Crippen molar-refractivity contribution in [1.82, 2.24) is 10.9 Å². The second-order valence-electron chi connectivity index (χ2n) is 7.46. The number of aliphatic hydroxyl groups excluding tert-OH is 1. The number of anilines is 2. The fourth-order valence-electron chi connectivity index (χ4n) is 4.20. The van der Waals surface area contributed by atoms with Crippen LogP contribution in [0.5, 0.6) is 5.75 Å². The molecule has 2 heterocycles. The van der Waals surface area contributed by atoms with Crippen molar-refractivity contribution >= 4 is 17.3 Å². The van der Waals surface area contributed by atoms with Crippen LogP contribution in [0, 0.1) is 0 Å². The minimum Gasteiger partial charge on any atom is -0.497 e. The lowest BCUT2D eigenvalue weighted by molar-refractivity contribution is -0.118. The summed E-state index contributed by atoms with van der Waals surface area (Å²) in [4.78, 5) is 17.1. The molecule has 0 aliphatic carbocycles. The first-order chi connectivity index (χ1) is 14.2. The monoisotopic (exact) mass is 396 g/mol. The number of benzene rings is 2. The SMILES string of the molecule is COc1cccc(N(CCO)C2CCN(c3ccc(C4CNNC4)cc3)C2=O)c1. The van der Waals surface area contributed by atoms with Gasteiger partial charge in [-0.05, 0) is 36.2 Å². The summed E-state index contributed by atoms with van der Waals surface area (Å²) in [6, 6.07) is 15.6. The van der Waals surface area contributed by atoms with Gasteiger partial charge < -0.3 is 19.6 Å². The van der Waals surface area contributed by atoms with E-state index in [0.717, 1.165) is 30.2 Å². The quantitative estimate of drug-likeness (QED) is 0.658. The smallest absolute Gasteiger partial charge is 0.249 e. The summed E-state index contributed by atoms with van der Waals surface area (Å²) < 4.78 is 5.32. The van der Waals surface area contributed by atoms with Crippen LogP contribution in [0.4, 0.5) is 11.4 Å². The molecule has 2 aliphatic rings. The molecule has 29 heavy (non-hydrogen) atoms. The first kappa shape index (κ1) is 19.7. The molecule has 2 aromatic carbocycles. The van der Waals surface area contributed by atoms with Crippen molar-refractivity contribution in [3.05, 3.63) is 54.1 Å². The van der Waals surface area contributed by atoms with Gasteiger partial charge in [0.1, 0.15) is 11.8 Å². The van der Waals surface area contributed by atoms with Crippen molar-refractivity contribution in [3.63, 3.8) is 0 Å². The van der Waals surface area contributed by atoms with Gasteiger partial charge in [0, 0.05) is 49.5 Å². The predicted molar refractivity (Wildman–Crippen MR) is 113 cm³/mol. The van der Waals surface area contributed by atoms with Gasteiger partial charge in [-0.2, -0.15) is 0 Å². The van der Waals surface area contributed by atoms with E-state index in [4.69, 9.17) is 4.74 Å². The number of hydrogen-bond acceptors (Lipinski definition) is 6. The molecule has 2 fully saturated rings. The van der Waals surface area contributed by atoms with Crippen molar-refractivity contribution < 1.29 is 14.6 Å². The number of ether oxygens (including phenoxy) is 1. The Balaban J connectivity index is 1.51. The zero-order valence-corrected chi connectivity index (χ0v) is 16.7. The number of rotatable bonds is 7. The number of aliphatic hydroxyl groups is 1. The third kappa shape index (κ3) is 4.07. The van der Waals surface area contributed by atoms with E-state index in [1.54, 1.807) is 7.11 Å². The fourth-order valence-corrected chi connectivity index (χ4v) is 4.20. The lowest BCUT2D eigenvalue weighted by atomic mass is 10.00. The molecule has 7 heteroatoms. The van der Waals surface area contributed by atoms with E-state index in [-0.39, 0.29) is 18.6 Å². The van der Waals surface area contributed by atoms with Crippen molar-refractivity contribution in [2.75, 3.05) is 49.7 Å². The van der Waals surface area contributed by atoms with Crippen LogP contribution in [-0.2, 0) is 4.79 Å². The van der Waals surface area contributed by atoms with E-state index in [0.29, 0.717) is 25.4 Å². The van der Waals surface area contributed by atoms with Crippen LogP contribution in [0.3, 0.4) is 0 Å². The summed E-state index contributed by atoms with van der Waals surface area (Å²) in [7, 11) is 1.62. The van der Waals surface area contributed by atoms with Gasteiger partial charge in [-0.15, -0.1) is 0 Å². The Morgan fingerprint density at radius 1 is 1.17 bits per heavy atom. The molecule has 1 amide bonds. The number of carbonyl (C=O) groups excluding carboxylic acids is 1. The van der Waals surface area contributed by atoms with Gasteiger partial charge in [0.15, 0.2) is 0 Å². The van der Waals surface area contributed by atoms with Crippen LogP contribution in [-0.4, -0.2) is 57.0 Å². The zero-order valence-electron chi connectivity index (χ0n) is 16.7.